The van der Waals surface area contributed by atoms with Crippen LogP contribution in [-0.4, -0.2) is 31.4 Å². The highest BCUT2D eigenvalue weighted by atomic mass is 35.5. The van der Waals surface area contributed by atoms with Crippen LogP contribution in [-0.2, 0) is 17.7 Å². The van der Waals surface area contributed by atoms with Crippen LogP contribution in [0.3, 0.4) is 0 Å². The highest BCUT2D eigenvalue weighted by molar-refractivity contribution is 6.31. The van der Waals surface area contributed by atoms with Crippen LogP contribution < -0.4 is 15.8 Å². The fourth-order valence-corrected chi connectivity index (χ4v) is 3.83. The van der Waals surface area contributed by atoms with Gasteiger partial charge in [-0.05, 0) is 41.8 Å². The number of anilines is 2. The lowest BCUT2D eigenvalue weighted by atomic mass is 10.0. The Morgan fingerprint density at radius 3 is 2.69 bits per heavy atom. The van der Waals surface area contributed by atoms with Gasteiger partial charge in [-0.3, -0.25) is 0 Å². The molecule has 1 aliphatic rings. The van der Waals surface area contributed by atoms with Gasteiger partial charge in [-0.25, -0.2) is 4.79 Å². The normalized spacial score (nSPS) is 14.3. The third-order valence-electron chi connectivity index (χ3n) is 5.19. The molecule has 1 saturated heterocycles. The molecular weight excluding hydrogens is 392 g/mol. The van der Waals surface area contributed by atoms with Crippen molar-refractivity contribution in [3.8, 4) is 5.75 Å². The first-order chi connectivity index (χ1) is 14.0. The van der Waals surface area contributed by atoms with E-state index in [1.54, 1.807) is 0 Å². The highest BCUT2D eigenvalue weighted by Crippen LogP contribution is 2.32. The molecule has 0 amide bonds. The highest BCUT2D eigenvalue weighted by Gasteiger charge is 2.16. The number of ether oxygens (including phenoxy) is 1. The van der Waals surface area contributed by atoms with E-state index in [0.717, 1.165) is 41.0 Å². The number of aryl methyl sites for hydroxylation is 1. The first kappa shape index (κ1) is 19.6. The van der Waals surface area contributed by atoms with Crippen LogP contribution >= 0.6 is 11.6 Å². The number of hydrogen-bond donors (Lipinski definition) is 2. The van der Waals surface area contributed by atoms with E-state index in [1.807, 2.05) is 31.2 Å². The number of aromatic hydroxyl groups is 1. The van der Waals surface area contributed by atoms with Crippen LogP contribution in [0.5, 0.6) is 5.75 Å². The molecule has 1 aliphatic heterocycles. The third kappa shape index (κ3) is 4.18. The van der Waals surface area contributed by atoms with Crippen molar-refractivity contribution in [3.05, 3.63) is 63.0 Å². The number of morpholine rings is 1. The molecule has 29 heavy (non-hydrogen) atoms. The molecule has 7 heteroatoms. The Balaban J connectivity index is 1.68. The molecule has 1 fully saturated rings. The van der Waals surface area contributed by atoms with Crippen LogP contribution in [0.25, 0.3) is 11.0 Å². The van der Waals surface area contributed by atoms with Crippen LogP contribution in [0.1, 0.15) is 18.1 Å². The maximum Gasteiger partial charge on any atom is 0.336 e. The lowest BCUT2D eigenvalue weighted by Crippen LogP contribution is -2.36. The molecule has 6 nitrogen and oxygen atoms in total. The quantitative estimate of drug-likeness (QED) is 0.610. The van der Waals surface area contributed by atoms with Gasteiger partial charge in [0.05, 0.1) is 24.6 Å². The van der Waals surface area contributed by atoms with Crippen molar-refractivity contribution < 1.29 is 14.3 Å². The lowest BCUT2D eigenvalue weighted by Gasteiger charge is -2.31. The SMILES string of the molecule is CCc1cc2c(CNc3cc(Cl)ccc3N3CCOCC3)cc(=O)oc2cc1O. The number of nitrogens with one attached hydrogen (secondary N) is 1. The van der Waals surface area contributed by atoms with Gasteiger partial charge in [0.2, 0.25) is 0 Å². The standard InChI is InChI=1S/C22H23ClN2O4/c1-2-14-9-17-15(10-22(27)29-21(17)12-20(14)26)13-24-18-11-16(23)3-4-19(18)25-5-7-28-8-6-25/h3-4,9-12,24,26H,2,5-8,13H2,1H3. The molecule has 0 aliphatic carbocycles. The summed E-state index contributed by atoms with van der Waals surface area (Å²) < 4.78 is 10.7. The van der Waals surface area contributed by atoms with E-state index in [4.69, 9.17) is 20.8 Å². The predicted octanol–water partition coefficient (Wildman–Crippen LogP) is 4.16. The van der Waals surface area contributed by atoms with Crippen molar-refractivity contribution in [1.82, 2.24) is 0 Å². The molecular formula is C22H23ClN2O4. The third-order valence-corrected chi connectivity index (χ3v) is 5.43. The summed E-state index contributed by atoms with van der Waals surface area (Å²) in [5.41, 5.74) is 3.50. The fourth-order valence-electron chi connectivity index (χ4n) is 3.66. The number of hydrogen-bond acceptors (Lipinski definition) is 6. The van der Waals surface area contributed by atoms with Crippen LogP contribution in [0.4, 0.5) is 11.4 Å². The molecule has 0 saturated carbocycles. The van der Waals surface area contributed by atoms with Crippen LogP contribution in [0.2, 0.25) is 5.02 Å². The second-order valence-corrected chi connectivity index (χ2v) is 7.47. The number of nitrogens with zero attached hydrogens (tertiary/aromatic N) is 1. The molecule has 1 aromatic heterocycles. The van der Waals surface area contributed by atoms with Crippen molar-refractivity contribution in [2.45, 2.75) is 19.9 Å². The maximum atomic E-state index is 12.0. The molecule has 0 unspecified atom stereocenters. The maximum absolute atomic E-state index is 12.0. The largest absolute Gasteiger partial charge is 0.508 e. The van der Waals surface area contributed by atoms with Gasteiger partial charge in [-0.1, -0.05) is 18.5 Å². The Kier molecular flexibility index (Phi) is 5.65. The van der Waals surface area contributed by atoms with E-state index in [9.17, 15) is 9.90 Å². The minimum absolute atomic E-state index is 0.137. The minimum Gasteiger partial charge on any atom is -0.508 e. The predicted molar refractivity (Wildman–Crippen MR) is 115 cm³/mol. The molecule has 3 aromatic rings. The van der Waals surface area contributed by atoms with Crippen molar-refractivity contribution >= 4 is 33.9 Å². The summed E-state index contributed by atoms with van der Waals surface area (Å²) in [6.45, 7) is 5.40. The molecule has 0 bridgehead atoms. The van der Waals surface area contributed by atoms with Gasteiger partial charge >= 0.3 is 5.63 Å². The molecule has 0 spiro atoms. The number of fused-ring (bicyclic) bond motifs is 1. The second kappa shape index (κ2) is 8.35. The summed E-state index contributed by atoms with van der Waals surface area (Å²) in [4.78, 5) is 14.3. The van der Waals surface area contributed by atoms with Gasteiger partial charge in [0.15, 0.2) is 0 Å². The molecule has 2 heterocycles. The van der Waals surface area contributed by atoms with Crippen molar-refractivity contribution in [2.24, 2.45) is 0 Å². The summed E-state index contributed by atoms with van der Waals surface area (Å²) >= 11 is 6.24. The Labute approximate surface area is 173 Å². The summed E-state index contributed by atoms with van der Waals surface area (Å²) in [5, 5.41) is 15.0. The number of rotatable bonds is 5. The van der Waals surface area contributed by atoms with E-state index >= 15 is 0 Å². The van der Waals surface area contributed by atoms with Crippen molar-refractivity contribution in [3.63, 3.8) is 0 Å². The summed E-state index contributed by atoms with van der Waals surface area (Å²) in [7, 11) is 0. The van der Waals surface area contributed by atoms with Crippen LogP contribution in [0.15, 0.2) is 45.6 Å². The zero-order valence-electron chi connectivity index (χ0n) is 16.2. The van der Waals surface area contributed by atoms with E-state index in [0.29, 0.717) is 36.8 Å². The van der Waals surface area contributed by atoms with Crippen molar-refractivity contribution in [1.29, 1.82) is 0 Å². The molecule has 0 atom stereocenters. The van der Waals surface area contributed by atoms with E-state index in [1.165, 1.54) is 12.1 Å². The smallest absolute Gasteiger partial charge is 0.336 e. The van der Waals surface area contributed by atoms with E-state index < -0.39 is 5.63 Å². The topological polar surface area (TPSA) is 74.9 Å². The second-order valence-electron chi connectivity index (χ2n) is 7.04. The zero-order valence-corrected chi connectivity index (χ0v) is 17.0. The summed E-state index contributed by atoms with van der Waals surface area (Å²) in [6.07, 6.45) is 0.684. The minimum atomic E-state index is -0.447. The number of benzene rings is 2. The number of phenolic OH excluding ortho intramolecular Hbond substituents is 1. The molecule has 4 rings (SSSR count). The molecule has 152 valence electrons. The first-order valence-electron chi connectivity index (χ1n) is 9.70. The van der Waals surface area contributed by atoms with Gasteiger partial charge in [0.25, 0.3) is 0 Å². The van der Waals surface area contributed by atoms with E-state index in [2.05, 4.69) is 10.2 Å². The number of phenols is 1. The van der Waals surface area contributed by atoms with E-state index in [-0.39, 0.29) is 5.75 Å². The Bertz CT molecular complexity index is 1090. The summed E-state index contributed by atoms with van der Waals surface area (Å²) in [5.74, 6) is 0.137. The van der Waals surface area contributed by atoms with Gasteiger partial charge < -0.3 is 24.5 Å². The number of halogens is 1. The molecule has 2 N–H and O–H groups in total. The first-order valence-corrected chi connectivity index (χ1v) is 10.1. The molecule has 2 aromatic carbocycles. The van der Waals surface area contributed by atoms with Gasteiger partial charge in [0.1, 0.15) is 11.3 Å². The average molecular weight is 415 g/mol. The summed E-state index contributed by atoms with van der Waals surface area (Å²) in [6, 6.07) is 10.7. The monoisotopic (exact) mass is 414 g/mol. The van der Waals surface area contributed by atoms with Crippen molar-refractivity contribution in [2.75, 3.05) is 36.5 Å². The Hall–Kier alpha value is -2.70. The van der Waals surface area contributed by atoms with Crippen LogP contribution in [0, 0.1) is 0 Å². The van der Waals surface area contributed by atoms with Gasteiger partial charge in [0, 0.05) is 42.2 Å². The molecule has 0 radical (unpaired) electrons. The van der Waals surface area contributed by atoms with Gasteiger partial charge in [-0.2, -0.15) is 0 Å². The zero-order chi connectivity index (χ0) is 20.4. The fraction of sp³-hybridized carbons (Fsp3) is 0.318. The average Bonchev–Trinajstić information content (AvgIpc) is 2.72. The Morgan fingerprint density at radius 1 is 1.14 bits per heavy atom. The lowest BCUT2D eigenvalue weighted by molar-refractivity contribution is 0.123. The Morgan fingerprint density at radius 2 is 1.93 bits per heavy atom. The van der Waals surface area contributed by atoms with Gasteiger partial charge in [-0.15, -0.1) is 0 Å².